The van der Waals surface area contributed by atoms with Crippen LogP contribution in [0.1, 0.15) is 17.3 Å². The lowest BCUT2D eigenvalue weighted by molar-refractivity contribution is 0.0561. The fraction of sp³-hybridized carbons (Fsp3) is 0.267. The molecule has 0 aliphatic heterocycles. The SMILES string of the molecule is CC(COC(=O)c1cc(-n2c(=O)n(C)c(=S)n(C)c2=O)c(F)cc1Cl)=NO. The fourth-order valence-electron chi connectivity index (χ4n) is 2.12. The lowest BCUT2D eigenvalue weighted by atomic mass is 10.2. The van der Waals surface area contributed by atoms with Crippen LogP contribution in [0.4, 0.5) is 4.39 Å². The number of esters is 1. The Morgan fingerprint density at radius 3 is 2.37 bits per heavy atom. The van der Waals surface area contributed by atoms with Crippen molar-refractivity contribution in [2.24, 2.45) is 19.3 Å². The van der Waals surface area contributed by atoms with E-state index in [9.17, 15) is 18.8 Å². The molecule has 0 fully saturated rings. The van der Waals surface area contributed by atoms with Crippen LogP contribution in [0.25, 0.3) is 5.69 Å². The molecule has 0 aliphatic rings. The molecule has 1 aromatic carbocycles. The number of halogens is 2. The summed E-state index contributed by atoms with van der Waals surface area (Å²) in [7, 11) is 2.64. The quantitative estimate of drug-likeness (QED) is 0.265. The zero-order valence-corrected chi connectivity index (χ0v) is 16.0. The normalized spacial score (nSPS) is 11.5. The van der Waals surface area contributed by atoms with Crippen molar-refractivity contribution in [2.45, 2.75) is 6.92 Å². The van der Waals surface area contributed by atoms with Crippen molar-refractivity contribution in [2.75, 3.05) is 6.61 Å². The standard InChI is InChI=1S/C15H14ClFN4O5S/c1-7(18-25)6-26-12(22)8-4-11(10(17)5-9(8)16)21-13(23)19(2)15(27)20(3)14(21)24/h4-5,25H,6H2,1-3H3. The Bertz CT molecular complexity index is 1090. The largest absolute Gasteiger partial charge is 0.456 e. The second-order valence-electron chi connectivity index (χ2n) is 5.50. The van der Waals surface area contributed by atoms with Crippen molar-refractivity contribution in [3.05, 3.63) is 54.3 Å². The maximum Gasteiger partial charge on any atom is 0.340 e. The molecule has 12 heteroatoms. The first kappa shape index (κ1) is 20.5. The summed E-state index contributed by atoms with van der Waals surface area (Å²) >= 11 is 10.8. The summed E-state index contributed by atoms with van der Waals surface area (Å²) in [6.45, 7) is 1.07. The van der Waals surface area contributed by atoms with Gasteiger partial charge in [-0.3, -0.25) is 9.13 Å². The summed E-state index contributed by atoms with van der Waals surface area (Å²) in [5.41, 5.74) is -2.45. The molecule has 0 bridgehead atoms. The van der Waals surface area contributed by atoms with E-state index in [2.05, 4.69) is 5.16 Å². The number of aromatic nitrogens is 3. The molecule has 2 rings (SSSR count). The molecule has 0 spiro atoms. The van der Waals surface area contributed by atoms with Crippen molar-refractivity contribution >= 4 is 35.5 Å². The molecule has 2 aromatic rings. The molecule has 0 atom stereocenters. The van der Waals surface area contributed by atoms with Gasteiger partial charge < -0.3 is 9.94 Å². The predicted molar refractivity (Wildman–Crippen MR) is 97.2 cm³/mol. The van der Waals surface area contributed by atoms with Crippen LogP contribution in [0.3, 0.4) is 0 Å². The number of benzene rings is 1. The van der Waals surface area contributed by atoms with Gasteiger partial charge in [0.25, 0.3) is 0 Å². The Balaban J connectivity index is 2.68. The van der Waals surface area contributed by atoms with E-state index in [4.69, 9.17) is 33.8 Å². The van der Waals surface area contributed by atoms with Gasteiger partial charge in [0.2, 0.25) is 0 Å². The topological polar surface area (TPSA) is 108 Å². The summed E-state index contributed by atoms with van der Waals surface area (Å²) in [6.07, 6.45) is 0. The average molecular weight is 417 g/mol. The third-order valence-corrected chi connectivity index (χ3v) is 4.47. The highest BCUT2D eigenvalue weighted by Gasteiger charge is 2.21. The second kappa shape index (κ2) is 7.84. The van der Waals surface area contributed by atoms with Crippen LogP contribution in [0, 0.1) is 10.6 Å². The van der Waals surface area contributed by atoms with Gasteiger partial charge in [0.15, 0.2) is 4.77 Å². The smallest absolute Gasteiger partial charge is 0.340 e. The average Bonchev–Trinajstić information content (AvgIpc) is 2.64. The minimum absolute atomic E-state index is 0.0611. The summed E-state index contributed by atoms with van der Waals surface area (Å²) in [4.78, 5) is 37.0. The third kappa shape index (κ3) is 3.83. The Kier molecular flexibility index (Phi) is 5.96. The van der Waals surface area contributed by atoms with Gasteiger partial charge >= 0.3 is 17.3 Å². The van der Waals surface area contributed by atoms with Gasteiger partial charge in [0.05, 0.1) is 22.0 Å². The van der Waals surface area contributed by atoms with E-state index in [0.29, 0.717) is 4.57 Å². The molecular weight excluding hydrogens is 403 g/mol. The number of carbonyl (C=O) groups is 1. The van der Waals surface area contributed by atoms with Gasteiger partial charge in [0, 0.05) is 14.1 Å². The van der Waals surface area contributed by atoms with Crippen molar-refractivity contribution in [3.8, 4) is 5.69 Å². The summed E-state index contributed by atoms with van der Waals surface area (Å²) in [6, 6.07) is 1.71. The summed E-state index contributed by atoms with van der Waals surface area (Å²) in [5.74, 6) is -1.96. The monoisotopic (exact) mass is 416 g/mol. The van der Waals surface area contributed by atoms with Gasteiger partial charge in [-0.15, -0.1) is 0 Å². The van der Waals surface area contributed by atoms with Crippen LogP contribution in [0.5, 0.6) is 0 Å². The van der Waals surface area contributed by atoms with Crippen molar-refractivity contribution < 1.29 is 19.1 Å². The first-order chi connectivity index (χ1) is 12.6. The van der Waals surface area contributed by atoms with E-state index >= 15 is 0 Å². The third-order valence-electron chi connectivity index (χ3n) is 3.61. The summed E-state index contributed by atoms with van der Waals surface area (Å²) < 4.78 is 21.7. The van der Waals surface area contributed by atoms with E-state index < -0.39 is 28.9 Å². The molecule has 0 aliphatic carbocycles. The highest BCUT2D eigenvalue weighted by atomic mass is 35.5. The molecule has 0 unspecified atom stereocenters. The van der Waals surface area contributed by atoms with Crippen LogP contribution in [0.15, 0.2) is 26.9 Å². The number of rotatable bonds is 4. The maximum atomic E-state index is 14.4. The zero-order chi connectivity index (χ0) is 20.5. The number of oxime groups is 1. The number of carbonyl (C=O) groups excluding carboxylic acids is 1. The van der Waals surface area contributed by atoms with Crippen LogP contribution in [-0.2, 0) is 18.8 Å². The molecule has 9 nitrogen and oxygen atoms in total. The number of hydrogen-bond acceptors (Lipinski definition) is 7. The van der Waals surface area contributed by atoms with Crippen molar-refractivity contribution in [3.63, 3.8) is 0 Å². The van der Waals surface area contributed by atoms with E-state index in [-0.39, 0.29) is 27.7 Å². The highest BCUT2D eigenvalue weighted by Crippen LogP contribution is 2.23. The summed E-state index contributed by atoms with van der Waals surface area (Å²) in [5, 5.41) is 11.1. The minimum atomic E-state index is -0.999. The van der Waals surface area contributed by atoms with E-state index in [1.54, 1.807) is 0 Å². The van der Waals surface area contributed by atoms with E-state index in [0.717, 1.165) is 21.3 Å². The van der Waals surface area contributed by atoms with Gasteiger partial charge in [-0.25, -0.2) is 23.3 Å². The first-order valence-corrected chi connectivity index (χ1v) is 8.12. The maximum absolute atomic E-state index is 14.4. The van der Waals surface area contributed by atoms with Crippen LogP contribution < -0.4 is 11.4 Å². The van der Waals surface area contributed by atoms with E-state index in [1.807, 2.05) is 0 Å². The Labute approximate surface area is 161 Å². The molecule has 1 heterocycles. The molecule has 1 N–H and O–H groups in total. The fourth-order valence-corrected chi connectivity index (χ4v) is 2.50. The van der Waals surface area contributed by atoms with Gasteiger partial charge in [0.1, 0.15) is 12.4 Å². The van der Waals surface area contributed by atoms with Crippen molar-refractivity contribution in [1.29, 1.82) is 0 Å². The molecule has 1 aromatic heterocycles. The van der Waals surface area contributed by atoms with Crippen LogP contribution >= 0.6 is 23.8 Å². The number of nitrogens with zero attached hydrogens (tertiary/aromatic N) is 4. The molecule has 0 radical (unpaired) electrons. The Morgan fingerprint density at radius 1 is 1.30 bits per heavy atom. The molecule has 0 amide bonds. The Morgan fingerprint density at radius 2 is 1.85 bits per heavy atom. The Hall–Kier alpha value is -2.79. The van der Waals surface area contributed by atoms with Gasteiger partial charge in [-0.05, 0) is 31.3 Å². The predicted octanol–water partition coefficient (Wildman–Crippen LogP) is 1.40. The van der Waals surface area contributed by atoms with E-state index in [1.165, 1.54) is 21.0 Å². The van der Waals surface area contributed by atoms with Crippen LogP contribution in [-0.4, -0.2) is 37.2 Å². The minimum Gasteiger partial charge on any atom is -0.456 e. The first-order valence-electron chi connectivity index (χ1n) is 7.33. The zero-order valence-electron chi connectivity index (χ0n) is 14.4. The van der Waals surface area contributed by atoms with Gasteiger partial charge in [-0.1, -0.05) is 16.8 Å². The molecule has 0 saturated heterocycles. The van der Waals surface area contributed by atoms with Gasteiger partial charge in [-0.2, -0.15) is 0 Å². The molecule has 27 heavy (non-hydrogen) atoms. The number of hydrogen-bond donors (Lipinski definition) is 1. The lowest BCUT2D eigenvalue weighted by Crippen LogP contribution is -2.43. The second-order valence-corrected chi connectivity index (χ2v) is 6.27. The lowest BCUT2D eigenvalue weighted by Gasteiger charge is -2.13. The number of ether oxygens (including phenoxy) is 1. The van der Waals surface area contributed by atoms with Crippen molar-refractivity contribution in [1.82, 2.24) is 13.7 Å². The molecular formula is C15H14ClFN4O5S. The molecule has 0 saturated carbocycles. The van der Waals surface area contributed by atoms with Crippen LogP contribution in [0.2, 0.25) is 5.02 Å². The highest BCUT2D eigenvalue weighted by molar-refractivity contribution is 7.71. The molecule has 144 valence electrons.